The lowest BCUT2D eigenvalue weighted by Crippen LogP contribution is -2.26. The average Bonchev–Trinajstić information content (AvgIpc) is 2.48. The molecule has 1 unspecified atom stereocenters. The van der Waals surface area contributed by atoms with Crippen molar-refractivity contribution < 1.29 is 0 Å². The van der Waals surface area contributed by atoms with Gasteiger partial charge in [0, 0.05) is 10.3 Å². The van der Waals surface area contributed by atoms with Gasteiger partial charge in [0.05, 0.1) is 5.69 Å². The van der Waals surface area contributed by atoms with E-state index in [1.165, 1.54) is 36.3 Å². The number of hydrogen-bond acceptors (Lipinski definition) is 3. The lowest BCUT2D eigenvalue weighted by molar-refractivity contribution is 0.374. The van der Waals surface area contributed by atoms with E-state index in [2.05, 4.69) is 18.8 Å². The first-order valence-electron chi connectivity index (χ1n) is 4.91. The summed E-state index contributed by atoms with van der Waals surface area (Å²) >= 11 is 1.67. The summed E-state index contributed by atoms with van der Waals surface area (Å²) in [5, 5.41) is 0.742. The first-order chi connectivity index (χ1) is 6.15. The Kier molecular flexibility index (Phi) is 2.06. The summed E-state index contributed by atoms with van der Waals surface area (Å²) < 4.78 is 0. The molecule has 2 nitrogen and oxygen atoms in total. The second-order valence-corrected chi connectivity index (χ2v) is 5.21. The summed E-state index contributed by atoms with van der Waals surface area (Å²) in [6, 6.07) is 0. The van der Waals surface area contributed by atoms with E-state index < -0.39 is 0 Å². The fraction of sp³-hybridized carbons (Fsp3) is 0.700. The van der Waals surface area contributed by atoms with Crippen LogP contribution in [0, 0.1) is 0 Å². The predicted octanol–water partition coefficient (Wildman–Crippen LogP) is 2.73. The van der Waals surface area contributed by atoms with E-state index in [4.69, 9.17) is 5.73 Å². The molecule has 0 aliphatic heterocycles. The molecule has 0 fully saturated rings. The summed E-state index contributed by atoms with van der Waals surface area (Å²) in [4.78, 5) is 5.90. The molecular formula is C10H16N2S. The van der Waals surface area contributed by atoms with Crippen LogP contribution >= 0.6 is 11.3 Å². The van der Waals surface area contributed by atoms with E-state index in [0.717, 1.165) is 5.13 Å². The van der Waals surface area contributed by atoms with Crippen LogP contribution in [-0.4, -0.2) is 4.98 Å². The van der Waals surface area contributed by atoms with Crippen molar-refractivity contribution >= 4 is 16.5 Å². The molecule has 1 aliphatic carbocycles. The van der Waals surface area contributed by atoms with Crippen molar-refractivity contribution in [1.29, 1.82) is 0 Å². The molecule has 0 saturated heterocycles. The largest absolute Gasteiger partial charge is 0.375 e. The van der Waals surface area contributed by atoms with Gasteiger partial charge in [0.25, 0.3) is 0 Å². The van der Waals surface area contributed by atoms with Gasteiger partial charge < -0.3 is 5.73 Å². The third kappa shape index (κ3) is 1.35. The highest BCUT2D eigenvalue weighted by Crippen LogP contribution is 2.41. The van der Waals surface area contributed by atoms with E-state index in [9.17, 15) is 0 Å². The molecule has 3 heteroatoms. The van der Waals surface area contributed by atoms with E-state index in [1.807, 2.05) is 0 Å². The van der Waals surface area contributed by atoms with Gasteiger partial charge in [-0.15, -0.1) is 11.3 Å². The van der Waals surface area contributed by atoms with Crippen LogP contribution in [0.3, 0.4) is 0 Å². The molecule has 1 aromatic heterocycles. The molecule has 13 heavy (non-hydrogen) atoms. The Morgan fingerprint density at radius 3 is 3.08 bits per heavy atom. The van der Waals surface area contributed by atoms with Crippen LogP contribution in [0.1, 0.15) is 43.7 Å². The number of anilines is 1. The Morgan fingerprint density at radius 2 is 2.38 bits per heavy atom. The number of rotatable bonds is 1. The number of nitrogen functional groups attached to an aromatic ring is 1. The molecule has 0 bridgehead atoms. The molecule has 2 N–H and O–H groups in total. The average molecular weight is 196 g/mol. The standard InChI is InChI=1S/C10H16N2S/c1-3-10(2)6-4-5-7-8(10)12-9(11)13-7/h3-6H2,1-2H3,(H2,11,12). The molecule has 1 atom stereocenters. The molecule has 0 radical (unpaired) electrons. The molecule has 1 aliphatic rings. The third-order valence-corrected chi connectivity index (χ3v) is 4.14. The molecule has 72 valence electrons. The van der Waals surface area contributed by atoms with Crippen LogP contribution in [0.2, 0.25) is 0 Å². The predicted molar refractivity (Wildman–Crippen MR) is 57.1 cm³/mol. The Balaban J connectivity index is 2.47. The van der Waals surface area contributed by atoms with Crippen LogP contribution in [0.5, 0.6) is 0 Å². The van der Waals surface area contributed by atoms with Gasteiger partial charge in [0.1, 0.15) is 0 Å². The molecular weight excluding hydrogens is 180 g/mol. The molecule has 1 aromatic rings. The Morgan fingerprint density at radius 1 is 1.62 bits per heavy atom. The van der Waals surface area contributed by atoms with Crippen molar-refractivity contribution in [3.8, 4) is 0 Å². The van der Waals surface area contributed by atoms with E-state index in [-0.39, 0.29) is 0 Å². The highest BCUT2D eigenvalue weighted by atomic mass is 32.1. The van der Waals surface area contributed by atoms with Gasteiger partial charge in [-0.25, -0.2) is 4.98 Å². The summed E-state index contributed by atoms with van der Waals surface area (Å²) in [7, 11) is 0. The molecule has 0 aromatic carbocycles. The topological polar surface area (TPSA) is 38.9 Å². The van der Waals surface area contributed by atoms with Crippen molar-refractivity contribution in [2.45, 2.75) is 44.9 Å². The zero-order valence-electron chi connectivity index (χ0n) is 8.26. The number of hydrogen-bond donors (Lipinski definition) is 1. The lowest BCUT2D eigenvalue weighted by atomic mass is 9.75. The zero-order valence-corrected chi connectivity index (χ0v) is 9.08. The van der Waals surface area contributed by atoms with Crippen molar-refractivity contribution in [2.75, 3.05) is 5.73 Å². The Bertz CT molecular complexity index is 319. The van der Waals surface area contributed by atoms with Crippen LogP contribution in [0.25, 0.3) is 0 Å². The summed E-state index contributed by atoms with van der Waals surface area (Å²) in [5.41, 5.74) is 7.32. The maximum Gasteiger partial charge on any atom is 0.180 e. The lowest BCUT2D eigenvalue weighted by Gasteiger charge is -2.31. The van der Waals surface area contributed by atoms with Gasteiger partial charge in [-0.2, -0.15) is 0 Å². The minimum atomic E-state index is 0.293. The smallest absolute Gasteiger partial charge is 0.180 e. The minimum absolute atomic E-state index is 0.293. The van der Waals surface area contributed by atoms with Crippen LogP contribution in [-0.2, 0) is 11.8 Å². The van der Waals surface area contributed by atoms with Gasteiger partial charge in [-0.05, 0) is 25.7 Å². The maximum absolute atomic E-state index is 5.74. The van der Waals surface area contributed by atoms with Gasteiger partial charge in [0.15, 0.2) is 5.13 Å². The first-order valence-corrected chi connectivity index (χ1v) is 5.73. The van der Waals surface area contributed by atoms with E-state index >= 15 is 0 Å². The normalized spacial score (nSPS) is 27.2. The second-order valence-electron chi connectivity index (χ2n) is 4.09. The summed E-state index contributed by atoms with van der Waals surface area (Å²) in [6.07, 6.45) is 4.90. The monoisotopic (exact) mass is 196 g/mol. The summed E-state index contributed by atoms with van der Waals surface area (Å²) in [5.74, 6) is 0. The number of aromatic nitrogens is 1. The number of thiazole rings is 1. The van der Waals surface area contributed by atoms with Crippen molar-refractivity contribution in [3.63, 3.8) is 0 Å². The van der Waals surface area contributed by atoms with Crippen LogP contribution in [0.4, 0.5) is 5.13 Å². The first kappa shape index (κ1) is 9.00. The number of aryl methyl sites for hydroxylation is 1. The van der Waals surface area contributed by atoms with E-state index in [1.54, 1.807) is 11.3 Å². The molecule has 2 rings (SSSR count). The van der Waals surface area contributed by atoms with Gasteiger partial charge >= 0.3 is 0 Å². The fourth-order valence-corrected chi connectivity index (χ4v) is 3.14. The molecule has 0 amide bonds. The number of fused-ring (bicyclic) bond motifs is 1. The molecule has 0 saturated carbocycles. The van der Waals surface area contributed by atoms with E-state index in [0.29, 0.717) is 5.41 Å². The molecule has 1 heterocycles. The zero-order chi connectivity index (χ0) is 9.47. The summed E-state index contributed by atoms with van der Waals surface area (Å²) in [6.45, 7) is 4.55. The van der Waals surface area contributed by atoms with Crippen LogP contribution < -0.4 is 5.73 Å². The maximum atomic E-state index is 5.74. The third-order valence-electron chi connectivity index (χ3n) is 3.20. The molecule has 0 spiro atoms. The van der Waals surface area contributed by atoms with Gasteiger partial charge in [0.2, 0.25) is 0 Å². The highest BCUT2D eigenvalue weighted by molar-refractivity contribution is 7.15. The number of nitrogens with two attached hydrogens (primary N) is 1. The fourth-order valence-electron chi connectivity index (χ4n) is 2.11. The van der Waals surface area contributed by atoms with Gasteiger partial charge in [-0.1, -0.05) is 13.8 Å². The quantitative estimate of drug-likeness (QED) is 0.750. The highest BCUT2D eigenvalue weighted by Gasteiger charge is 2.33. The minimum Gasteiger partial charge on any atom is -0.375 e. The Labute approximate surface area is 83.2 Å². The van der Waals surface area contributed by atoms with Crippen molar-refractivity contribution in [3.05, 3.63) is 10.6 Å². The Hall–Kier alpha value is -0.570. The van der Waals surface area contributed by atoms with Gasteiger partial charge in [-0.3, -0.25) is 0 Å². The van der Waals surface area contributed by atoms with Crippen molar-refractivity contribution in [1.82, 2.24) is 4.98 Å². The second kappa shape index (κ2) is 2.98. The number of nitrogens with zero attached hydrogens (tertiary/aromatic N) is 1. The SMILES string of the molecule is CCC1(C)CCCc2sc(N)nc21. The van der Waals surface area contributed by atoms with Crippen molar-refractivity contribution in [2.24, 2.45) is 0 Å². The van der Waals surface area contributed by atoms with Crippen LogP contribution in [0.15, 0.2) is 0 Å².